The molecule has 0 nitrogen and oxygen atoms in total. The first kappa shape index (κ1) is 13.1. The minimum Gasteiger partial charge on any atom is -0.0920 e. The molecule has 1 heteroatoms. The highest BCUT2D eigenvalue weighted by atomic mass is 14.0. The third-order valence-electron chi connectivity index (χ3n) is 2.52. The second-order valence-corrected chi connectivity index (χ2v) is 4.50. The largest absolute Gasteiger partial charge is 0.105 e. The second-order valence-electron chi connectivity index (χ2n) is 4.50. The van der Waals surface area contributed by atoms with Crippen LogP contribution >= 0.6 is 0 Å². The molecule has 0 spiro atoms. The Bertz CT molecular complexity index is 89.1. The van der Waals surface area contributed by atoms with Crippen molar-refractivity contribution < 1.29 is 0 Å². The molecular weight excluding hydrogens is 155 g/mol. The molecule has 77 valence electrons. The van der Waals surface area contributed by atoms with Crippen LogP contribution < -0.4 is 0 Å². The molecular formula is C12H26B. The van der Waals surface area contributed by atoms with E-state index >= 15 is 0 Å². The second kappa shape index (κ2) is 10.1. The fourth-order valence-corrected chi connectivity index (χ4v) is 1.61. The SMILES string of the molecule is C[B]CCCCCCCCC(C)C. The fourth-order valence-electron chi connectivity index (χ4n) is 1.61. The van der Waals surface area contributed by atoms with Gasteiger partial charge in [0.15, 0.2) is 0 Å². The van der Waals surface area contributed by atoms with Crippen molar-refractivity contribution in [2.75, 3.05) is 0 Å². The first-order valence-electron chi connectivity index (χ1n) is 6.05. The molecule has 0 aromatic heterocycles. The number of rotatable bonds is 9. The summed E-state index contributed by atoms with van der Waals surface area (Å²) in [4.78, 5) is 0. The van der Waals surface area contributed by atoms with E-state index in [1.165, 1.54) is 51.3 Å². The van der Waals surface area contributed by atoms with Crippen LogP contribution in [0.5, 0.6) is 0 Å². The fraction of sp³-hybridized carbons (Fsp3) is 1.00. The average Bonchev–Trinajstić information content (AvgIpc) is 2.09. The van der Waals surface area contributed by atoms with Crippen molar-refractivity contribution in [2.45, 2.75) is 71.9 Å². The summed E-state index contributed by atoms with van der Waals surface area (Å²) in [6.45, 7) is 6.79. The average molecular weight is 181 g/mol. The predicted molar refractivity (Wildman–Crippen MR) is 63.6 cm³/mol. The van der Waals surface area contributed by atoms with E-state index in [1.54, 1.807) is 0 Å². The Hall–Kier alpha value is 0.0649. The quantitative estimate of drug-likeness (QED) is 0.361. The van der Waals surface area contributed by atoms with Gasteiger partial charge in [0.25, 0.3) is 0 Å². The van der Waals surface area contributed by atoms with E-state index in [4.69, 9.17) is 0 Å². The summed E-state index contributed by atoms with van der Waals surface area (Å²) < 4.78 is 0. The van der Waals surface area contributed by atoms with Crippen molar-refractivity contribution in [3.05, 3.63) is 0 Å². The third kappa shape index (κ3) is 12.1. The first-order chi connectivity index (χ1) is 6.27. The van der Waals surface area contributed by atoms with E-state index in [0.29, 0.717) is 0 Å². The van der Waals surface area contributed by atoms with Gasteiger partial charge in [-0.3, -0.25) is 0 Å². The smallest absolute Gasteiger partial charge is 0.0920 e. The summed E-state index contributed by atoms with van der Waals surface area (Å²) in [7, 11) is 2.28. The van der Waals surface area contributed by atoms with Crippen molar-refractivity contribution in [3.63, 3.8) is 0 Å². The molecule has 13 heavy (non-hydrogen) atoms. The van der Waals surface area contributed by atoms with Crippen LogP contribution in [0.25, 0.3) is 0 Å². The Morgan fingerprint density at radius 3 is 1.92 bits per heavy atom. The zero-order chi connectivity index (χ0) is 9.94. The lowest BCUT2D eigenvalue weighted by Gasteiger charge is -2.03. The molecule has 0 rings (SSSR count). The number of unbranched alkanes of at least 4 members (excludes halogenated alkanes) is 5. The molecule has 0 aromatic rings. The van der Waals surface area contributed by atoms with Crippen molar-refractivity contribution in [2.24, 2.45) is 5.92 Å². The van der Waals surface area contributed by atoms with Crippen LogP contribution in [0.3, 0.4) is 0 Å². The normalized spacial score (nSPS) is 10.8. The van der Waals surface area contributed by atoms with Gasteiger partial charge in [-0.05, 0) is 5.92 Å². The van der Waals surface area contributed by atoms with Crippen LogP contribution in [-0.4, -0.2) is 7.28 Å². The van der Waals surface area contributed by atoms with E-state index in [-0.39, 0.29) is 0 Å². The van der Waals surface area contributed by atoms with Crippen LogP contribution in [0.15, 0.2) is 0 Å². The summed E-state index contributed by atoms with van der Waals surface area (Å²) in [6, 6.07) is 0. The van der Waals surface area contributed by atoms with Gasteiger partial charge in [-0.25, -0.2) is 0 Å². The molecule has 0 heterocycles. The van der Waals surface area contributed by atoms with Crippen molar-refractivity contribution >= 4 is 7.28 Å². The minimum absolute atomic E-state index is 0.898. The standard InChI is InChI=1S/C12H26B/c1-12(2)10-8-6-4-5-7-9-11-13-3/h12H,4-11H2,1-3H3. The van der Waals surface area contributed by atoms with E-state index in [9.17, 15) is 0 Å². The molecule has 0 N–H and O–H groups in total. The Kier molecular flexibility index (Phi) is 10.2. The van der Waals surface area contributed by atoms with Gasteiger partial charge in [0.05, 0.1) is 0 Å². The lowest BCUT2D eigenvalue weighted by Crippen LogP contribution is -1.87. The van der Waals surface area contributed by atoms with Gasteiger partial charge in [-0.2, -0.15) is 0 Å². The maximum Gasteiger partial charge on any atom is 0.105 e. The molecule has 0 aliphatic heterocycles. The van der Waals surface area contributed by atoms with Crippen molar-refractivity contribution in [3.8, 4) is 0 Å². The summed E-state index contributed by atoms with van der Waals surface area (Å²) in [5, 5.41) is 0. The van der Waals surface area contributed by atoms with Crippen LogP contribution in [0, 0.1) is 5.92 Å². The summed E-state index contributed by atoms with van der Waals surface area (Å²) in [5.41, 5.74) is 0. The lowest BCUT2D eigenvalue weighted by atomic mass is 9.76. The summed E-state index contributed by atoms with van der Waals surface area (Å²) in [6.07, 6.45) is 11.4. The molecule has 0 unspecified atom stereocenters. The van der Waals surface area contributed by atoms with E-state index < -0.39 is 0 Å². The van der Waals surface area contributed by atoms with Crippen LogP contribution in [-0.2, 0) is 0 Å². The van der Waals surface area contributed by atoms with Gasteiger partial charge >= 0.3 is 0 Å². The Labute approximate surface area is 85.7 Å². The van der Waals surface area contributed by atoms with Gasteiger partial charge in [0, 0.05) is 0 Å². The maximum absolute atomic E-state index is 2.32. The van der Waals surface area contributed by atoms with Crippen molar-refractivity contribution in [1.82, 2.24) is 0 Å². The van der Waals surface area contributed by atoms with E-state index in [1.807, 2.05) is 0 Å². The highest BCUT2D eigenvalue weighted by molar-refractivity contribution is 6.33. The maximum atomic E-state index is 2.32. The predicted octanol–water partition coefficient (Wildman–Crippen LogP) is 4.54. The monoisotopic (exact) mass is 181 g/mol. The van der Waals surface area contributed by atoms with Gasteiger partial charge in [0.2, 0.25) is 0 Å². The van der Waals surface area contributed by atoms with E-state index in [0.717, 1.165) is 5.92 Å². The highest BCUT2D eigenvalue weighted by Crippen LogP contribution is 2.11. The molecule has 0 atom stereocenters. The van der Waals surface area contributed by atoms with Gasteiger partial charge < -0.3 is 0 Å². The molecule has 0 aliphatic carbocycles. The molecule has 0 bridgehead atoms. The van der Waals surface area contributed by atoms with Crippen molar-refractivity contribution in [1.29, 1.82) is 0 Å². The molecule has 0 aromatic carbocycles. The number of hydrogen-bond donors (Lipinski definition) is 0. The minimum atomic E-state index is 0.898. The Balaban J connectivity index is 2.84. The summed E-state index contributed by atoms with van der Waals surface area (Å²) >= 11 is 0. The Morgan fingerprint density at radius 1 is 0.846 bits per heavy atom. The molecule has 0 fully saturated rings. The zero-order valence-corrected chi connectivity index (χ0v) is 9.81. The topological polar surface area (TPSA) is 0 Å². The van der Waals surface area contributed by atoms with Crippen LogP contribution in [0.2, 0.25) is 13.1 Å². The van der Waals surface area contributed by atoms with Crippen LogP contribution in [0.1, 0.15) is 58.8 Å². The van der Waals surface area contributed by atoms with Gasteiger partial charge in [-0.1, -0.05) is 71.9 Å². The van der Waals surface area contributed by atoms with E-state index in [2.05, 4.69) is 28.0 Å². The molecule has 1 radical (unpaired) electrons. The molecule has 0 aliphatic rings. The lowest BCUT2D eigenvalue weighted by molar-refractivity contribution is 0.514. The first-order valence-corrected chi connectivity index (χ1v) is 6.05. The highest BCUT2D eigenvalue weighted by Gasteiger charge is 1.94. The molecule has 0 saturated carbocycles. The molecule has 0 amide bonds. The zero-order valence-electron chi connectivity index (χ0n) is 9.81. The Morgan fingerprint density at radius 2 is 1.38 bits per heavy atom. The third-order valence-corrected chi connectivity index (χ3v) is 2.52. The van der Waals surface area contributed by atoms with Gasteiger partial charge in [0.1, 0.15) is 7.28 Å². The summed E-state index contributed by atoms with van der Waals surface area (Å²) in [5.74, 6) is 0.898. The van der Waals surface area contributed by atoms with Crippen LogP contribution in [0.4, 0.5) is 0 Å². The molecule has 0 saturated heterocycles. The number of hydrogen-bond acceptors (Lipinski definition) is 0. The van der Waals surface area contributed by atoms with Gasteiger partial charge in [-0.15, -0.1) is 0 Å².